The summed E-state index contributed by atoms with van der Waals surface area (Å²) in [5.74, 6) is -12.3. The molecule has 5 heterocycles. The van der Waals surface area contributed by atoms with Crippen LogP contribution in [0.2, 0.25) is 0 Å². The molecule has 2 aromatic carbocycles. The van der Waals surface area contributed by atoms with E-state index >= 15 is 0 Å². The van der Waals surface area contributed by atoms with Gasteiger partial charge >= 0.3 is 39.2 Å². The number of nitrogens with one attached hydrogen (secondary N) is 3. The smallest absolute Gasteiger partial charge is 0.410 e. The Morgan fingerprint density at radius 2 is 1.52 bits per heavy atom. The number of carbonyl (C=O) groups is 8. The number of aldehydes is 1. The molecule has 4 bridgehead atoms. The van der Waals surface area contributed by atoms with Crippen molar-refractivity contribution in [3.63, 3.8) is 0 Å². The molecule has 1 fully saturated rings. The lowest BCUT2D eigenvalue weighted by Gasteiger charge is -2.39. The molecular weight excluding hydrogens is 1280 g/mol. The summed E-state index contributed by atoms with van der Waals surface area (Å²) < 4.78 is 63.8. The van der Waals surface area contributed by atoms with Crippen LogP contribution in [0, 0.1) is 36.5 Å². The minimum atomic E-state index is -5.67. The number of nitrogens with zero attached hydrogens (tertiary/aromatic N) is 4. The zero-order valence-corrected chi connectivity index (χ0v) is 56.9. The maximum Gasteiger partial charge on any atom is 0.410 e. The number of phenols is 2. The van der Waals surface area contributed by atoms with Gasteiger partial charge in [-0.05, 0) is 32.3 Å². The number of allylic oxidation sites excluding steroid dienone is 2. The number of ether oxygens (including phenoxy) is 7. The number of hydrogen-bond acceptors (Lipinski definition) is 23. The maximum absolute atomic E-state index is 14.4. The first-order valence-electron chi connectivity index (χ1n) is 30.4. The third kappa shape index (κ3) is 19.6. The van der Waals surface area contributed by atoms with Gasteiger partial charge in [-0.3, -0.25) is 47.7 Å². The van der Waals surface area contributed by atoms with Gasteiger partial charge in [0.15, 0.2) is 12.0 Å². The van der Waals surface area contributed by atoms with Crippen LogP contribution in [0.3, 0.4) is 0 Å². The second-order valence-corrected chi connectivity index (χ2v) is 28.5. The summed E-state index contributed by atoms with van der Waals surface area (Å²) in [7, 11) is -8.87. The summed E-state index contributed by atoms with van der Waals surface area (Å²) in [6.07, 6.45) is 0.496. The average Bonchev–Trinajstić information content (AvgIpc) is 1.57. The van der Waals surface area contributed by atoms with E-state index in [1.54, 1.807) is 26.1 Å². The Kier molecular flexibility index (Phi) is 26.7. The molecule has 0 radical (unpaired) electrons. The number of methoxy groups -OCH3 is 1. The lowest BCUT2D eigenvalue weighted by molar-refractivity contribution is -0.167. The fraction of sp³-hybridized carbons (Fsp3) is 0.607. The van der Waals surface area contributed by atoms with Crippen LogP contribution in [-0.4, -0.2) is 187 Å². The molecule has 0 aromatic heterocycles. The average molecular weight is 1370 g/mol. The van der Waals surface area contributed by atoms with E-state index in [2.05, 4.69) is 34.4 Å². The van der Waals surface area contributed by atoms with Crippen LogP contribution in [0.25, 0.3) is 10.8 Å². The molecule has 522 valence electrons. The molecule has 5 aliphatic heterocycles. The van der Waals surface area contributed by atoms with Gasteiger partial charge in [-0.1, -0.05) is 66.7 Å². The Morgan fingerprint density at radius 3 is 2.10 bits per heavy atom. The molecule has 33 heteroatoms. The van der Waals surface area contributed by atoms with Crippen LogP contribution >= 0.6 is 15.2 Å². The summed E-state index contributed by atoms with van der Waals surface area (Å²) in [4.78, 5) is 157. The van der Waals surface area contributed by atoms with E-state index in [0.717, 1.165) is 25.4 Å². The Bertz CT molecular complexity index is 3480. The standard InChI is InChI=1S/C61H89N7O24P2/c1-15-43(72)87-30-88-58(79)62-40(19-20-42(71)63-59(93(80,81)82)94(83,84)85)57(78)67(13)28-44(73)91-53-32(4)17-16-18-33(5)56(77)64-49-48-47(65-61(66-48)22-24-68(25-23-61)27-31(2)3)45-39(29-69)55(37(9)51(75)46(45)52(49)76)92-60(11,12)89-26-21-41(86-14)34(6)54(90-38(10)70)36(8)50(74)35(53)7/h16-18,21,26,29,31-32,34-36,40-41,50,53-54,59,65,74-76H,15,19-20,22-25,27-28,30H2,1-14H3,(H,62,79)(H,63,71)(H2,80,81,82)(H2,83,84,85)/b17-16+,26-21+,33-18-,64-49?/t32-,34+,35-,36+,40-,41-,50+,53-,54+/m0/s1. The van der Waals surface area contributed by atoms with E-state index in [4.69, 9.17) is 38.2 Å². The number of piperidine rings is 1. The van der Waals surface area contributed by atoms with Crippen LogP contribution in [0.1, 0.15) is 124 Å². The van der Waals surface area contributed by atoms with Crippen molar-refractivity contribution in [2.75, 3.05) is 52.4 Å². The SMILES string of the molecule is CCC(=O)OCOC(=O)N[C@@H](CCC(=O)NC(P(=O)(O)O)P(=O)(O)O)C(=O)N(C)CC(=O)O[C@@H]1[C@@H](C)[C@@H](O)[C@@H](C)[C@H](OC(C)=O)[C@H](C)[C@@H](OC)/C=C/OC(C)(C)Oc2c(C)c(O)c3c(O)c(c4c(c3c2C=O)NC2(CCN(CC(C)C)CC2)N=4)=NC(=O)/C(C)=C\C=C\[C@@H]1C. The molecule has 0 unspecified atom stereocenters. The van der Waals surface area contributed by atoms with Gasteiger partial charge in [0.05, 0.1) is 35.1 Å². The molecule has 4 amide bonds. The molecule has 10 N–H and O–H groups in total. The van der Waals surface area contributed by atoms with Crippen molar-refractivity contribution in [3.05, 3.63) is 58.0 Å². The van der Waals surface area contributed by atoms with Crippen molar-refractivity contribution in [3.8, 4) is 17.2 Å². The number of amides is 4. The highest BCUT2D eigenvalue weighted by molar-refractivity contribution is 7.70. The third-order valence-electron chi connectivity index (χ3n) is 16.4. The highest BCUT2D eigenvalue weighted by Gasteiger charge is 2.46. The van der Waals surface area contributed by atoms with Crippen LogP contribution in [0.5, 0.6) is 17.2 Å². The van der Waals surface area contributed by atoms with Crippen LogP contribution in [-0.2, 0) is 66.3 Å². The van der Waals surface area contributed by atoms with Crippen LogP contribution in [0.4, 0.5) is 10.5 Å². The number of aliphatic hydroxyl groups is 1. The monoisotopic (exact) mass is 1370 g/mol. The van der Waals surface area contributed by atoms with E-state index in [-0.39, 0.29) is 56.0 Å². The molecule has 1 spiro atoms. The number of hydrogen-bond donors (Lipinski definition) is 10. The van der Waals surface area contributed by atoms with Gasteiger partial charge in [-0.15, -0.1) is 0 Å². The summed E-state index contributed by atoms with van der Waals surface area (Å²) >= 11 is 0. The number of esters is 3. The second-order valence-electron chi connectivity index (χ2n) is 24.7. The van der Waals surface area contributed by atoms with E-state index in [1.165, 1.54) is 79.2 Å². The van der Waals surface area contributed by atoms with E-state index in [0.29, 0.717) is 38.1 Å². The van der Waals surface area contributed by atoms with E-state index in [1.807, 2.05) is 0 Å². The van der Waals surface area contributed by atoms with Crippen molar-refractivity contribution in [2.45, 2.75) is 163 Å². The minimum Gasteiger partial charge on any atom is -0.507 e. The molecule has 5 aliphatic rings. The first kappa shape index (κ1) is 77.4. The minimum absolute atomic E-state index is 0.00495. The Labute approximate surface area is 543 Å². The molecule has 0 saturated carbocycles. The Morgan fingerprint density at radius 1 is 0.894 bits per heavy atom. The van der Waals surface area contributed by atoms with Gasteiger partial charge in [0.2, 0.25) is 29.9 Å². The zero-order valence-electron chi connectivity index (χ0n) is 55.1. The number of aliphatic hydroxyl groups excluding tert-OH is 1. The van der Waals surface area contributed by atoms with Crippen LogP contribution < -0.4 is 31.4 Å². The Balaban J connectivity index is 1.62. The third-order valence-corrected chi connectivity index (χ3v) is 19.7. The Hall–Kier alpha value is -7.34. The molecule has 31 nitrogen and oxygen atoms in total. The van der Waals surface area contributed by atoms with Crippen molar-refractivity contribution >= 4 is 79.7 Å². The van der Waals surface area contributed by atoms with Crippen molar-refractivity contribution in [1.82, 2.24) is 20.4 Å². The quantitative estimate of drug-likeness (QED) is 0.0238. The molecule has 94 heavy (non-hydrogen) atoms. The highest BCUT2D eigenvalue weighted by Crippen LogP contribution is 2.58. The van der Waals surface area contributed by atoms with E-state index < -0.39 is 166 Å². The number of benzene rings is 2. The van der Waals surface area contributed by atoms with Gasteiger partial charge in [0.1, 0.15) is 52.7 Å². The molecule has 2 aromatic rings. The number of likely N-dealkylation sites (N-methyl/N-ethyl adjacent to an activating group) is 1. The highest BCUT2D eigenvalue weighted by atomic mass is 31.2. The van der Waals surface area contributed by atoms with Crippen molar-refractivity contribution in [2.24, 2.45) is 39.6 Å². The first-order chi connectivity index (χ1) is 43.7. The summed E-state index contributed by atoms with van der Waals surface area (Å²) in [6.45, 7) is 19.4. The number of aromatic hydroxyl groups is 2. The fourth-order valence-corrected chi connectivity index (χ4v) is 13.6. The van der Waals surface area contributed by atoms with Gasteiger partial charge < -0.3 is 93.8 Å². The number of carbonyl (C=O) groups excluding carboxylic acids is 8. The second kappa shape index (κ2) is 32.4. The predicted molar refractivity (Wildman–Crippen MR) is 336 cm³/mol. The van der Waals surface area contributed by atoms with Crippen molar-refractivity contribution in [1.29, 1.82) is 0 Å². The number of likely N-dealkylation sites (tertiary alicyclic amines) is 1. The number of phenolic OH excluding ortho intramolecular Hbond substituents is 2. The lowest BCUT2D eigenvalue weighted by atomic mass is 9.78. The number of alkyl carbamates (subject to hydrolysis) is 1. The fourth-order valence-electron chi connectivity index (χ4n) is 11.4. The van der Waals surface area contributed by atoms with Gasteiger partial charge in [-0.25, -0.2) is 9.79 Å². The molecule has 0 aliphatic carbocycles. The number of fused-ring (bicyclic) bond motifs is 1. The predicted octanol–water partition coefficient (Wildman–Crippen LogP) is 3.94. The number of rotatable bonds is 19. The topological polar surface area (TPSA) is 444 Å². The first-order valence-corrected chi connectivity index (χ1v) is 33.8. The zero-order chi connectivity index (χ0) is 70.7. The van der Waals surface area contributed by atoms with Crippen molar-refractivity contribution < 1.29 is 116 Å². The summed E-state index contributed by atoms with van der Waals surface area (Å²) in [6, 6.07) is -1.83. The van der Waals surface area contributed by atoms with Gasteiger partial charge in [-0.2, -0.15) is 0 Å². The molecule has 1 saturated heterocycles. The maximum atomic E-state index is 14.4. The molecule has 7 rings (SSSR count). The number of anilines is 1. The molecular formula is C61H89N7O24P2. The van der Waals surface area contributed by atoms with E-state index in [9.17, 15) is 82.4 Å². The lowest BCUT2D eigenvalue weighted by Crippen LogP contribution is -2.50. The summed E-state index contributed by atoms with van der Waals surface area (Å²) in [5, 5.41) is 43.5. The van der Waals surface area contributed by atoms with Gasteiger partial charge in [0.25, 0.3) is 5.91 Å². The normalized spacial score (nSPS) is 24.3. The summed E-state index contributed by atoms with van der Waals surface area (Å²) in [5.41, 5.74) is -3.83. The largest absolute Gasteiger partial charge is 0.507 e. The molecule has 9 atom stereocenters. The van der Waals surface area contributed by atoms with Gasteiger partial charge in [0, 0.05) is 120 Å². The van der Waals surface area contributed by atoms with Crippen LogP contribution in [0.15, 0.2) is 46.1 Å².